The van der Waals surface area contributed by atoms with Crippen molar-refractivity contribution in [3.8, 4) is 5.75 Å². The van der Waals surface area contributed by atoms with Crippen LogP contribution in [0.15, 0.2) is 18.2 Å². The zero-order chi connectivity index (χ0) is 15.2. The van der Waals surface area contributed by atoms with Crippen LogP contribution in [0, 0.1) is 15.9 Å². The van der Waals surface area contributed by atoms with Crippen LogP contribution in [0.2, 0.25) is 0 Å². The van der Waals surface area contributed by atoms with Crippen LogP contribution < -0.4 is 15.4 Å². The van der Waals surface area contributed by atoms with E-state index < -0.39 is 16.4 Å². The van der Waals surface area contributed by atoms with Gasteiger partial charge in [-0.3, -0.25) is 14.9 Å². The first-order valence-electron chi connectivity index (χ1n) is 6.63. The molecule has 1 heterocycles. The predicted octanol–water partition coefficient (Wildman–Crippen LogP) is 0.981. The summed E-state index contributed by atoms with van der Waals surface area (Å²) in [5.74, 6) is -1.22. The largest absolute Gasteiger partial charge is 0.484 e. The van der Waals surface area contributed by atoms with Gasteiger partial charge in [0.15, 0.2) is 6.61 Å². The second kappa shape index (κ2) is 6.98. The quantitative estimate of drug-likeness (QED) is 0.624. The van der Waals surface area contributed by atoms with Gasteiger partial charge in [0.1, 0.15) is 5.75 Å². The van der Waals surface area contributed by atoms with Crippen LogP contribution in [0.1, 0.15) is 12.8 Å². The smallest absolute Gasteiger partial charge is 0.305 e. The third-order valence-corrected chi connectivity index (χ3v) is 3.15. The summed E-state index contributed by atoms with van der Waals surface area (Å²) in [5.41, 5.74) is -0.625. The van der Waals surface area contributed by atoms with Gasteiger partial charge in [0, 0.05) is 24.7 Å². The van der Waals surface area contributed by atoms with Crippen molar-refractivity contribution in [2.75, 3.05) is 19.7 Å². The van der Waals surface area contributed by atoms with E-state index in [9.17, 15) is 19.3 Å². The van der Waals surface area contributed by atoms with Crippen molar-refractivity contribution in [3.05, 3.63) is 34.1 Å². The standard InChI is InChI=1S/C13H16FN3O4/c14-11-6-10(3-4-12(11)17(19)20)21-8-13(18)16-9-2-1-5-15-7-9/h3-4,6,9,15H,1-2,5,7-8H2,(H,16,18). The number of amides is 1. The molecular formula is C13H16FN3O4. The van der Waals surface area contributed by atoms with E-state index in [1.54, 1.807) is 0 Å². The number of halogens is 1. The van der Waals surface area contributed by atoms with Gasteiger partial charge < -0.3 is 15.4 Å². The molecule has 1 saturated heterocycles. The maximum Gasteiger partial charge on any atom is 0.305 e. The van der Waals surface area contributed by atoms with Gasteiger partial charge in [0.05, 0.1) is 4.92 Å². The molecule has 1 atom stereocenters. The molecule has 1 amide bonds. The molecule has 1 fully saturated rings. The summed E-state index contributed by atoms with van der Waals surface area (Å²) in [6.45, 7) is 1.41. The van der Waals surface area contributed by atoms with Crippen LogP contribution in [0.25, 0.3) is 0 Å². The van der Waals surface area contributed by atoms with Gasteiger partial charge in [-0.15, -0.1) is 0 Å². The Morgan fingerprint density at radius 1 is 1.57 bits per heavy atom. The van der Waals surface area contributed by atoms with Gasteiger partial charge in [-0.05, 0) is 25.5 Å². The molecule has 1 unspecified atom stereocenters. The number of nitro benzene ring substituents is 1. The van der Waals surface area contributed by atoms with Crippen molar-refractivity contribution in [1.29, 1.82) is 0 Å². The molecule has 1 aliphatic rings. The molecule has 114 valence electrons. The average molecular weight is 297 g/mol. The van der Waals surface area contributed by atoms with E-state index in [1.807, 2.05) is 0 Å². The van der Waals surface area contributed by atoms with E-state index in [2.05, 4.69) is 10.6 Å². The lowest BCUT2D eigenvalue weighted by molar-refractivity contribution is -0.387. The SMILES string of the molecule is O=C(COc1ccc([N+](=O)[O-])c(F)c1)NC1CCCNC1. The maximum atomic E-state index is 13.4. The second-order valence-electron chi connectivity index (χ2n) is 4.77. The molecule has 21 heavy (non-hydrogen) atoms. The zero-order valence-corrected chi connectivity index (χ0v) is 11.3. The molecule has 0 saturated carbocycles. The fourth-order valence-corrected chi connectivity index (χ4v) is 2.12. The molecule has 7 nitrogen and oxygen atoms in total. The normalized spacial score (nSPS) is 18.0. The number of nitrogens with zero attached hydrogens (tertiary/aromatic N) is 1. The summed E-state index contributed by atoms with van der Waals surface area (Å²) >= 11 is 0. The van der Waals surface area contributed by atoms with Gasteiger partial charge >= 0.3 is 5.69 Å². The van der Waals surface area contributed by atoms with Gasteiger partial charge in [0.25, 0.3) is 5.91 Å². The summed E-state index contributed by atoms with van der Waals surface area (Å²) in [6.07, 6.45) is 1.91. The van der Waals surface area contributed by atoms with Crippen molar-refractivity contribution in [3.63, 3.8) is 0 Å². The van der Waals surface area contributed by atoms with Crippen molar-refractivity contribution < 1.29 is 18.8 Å². The van der Waals surface area contributed by atoms with Crippen LogP contribution in [-0.2, 0) is 4.79 Å². The maximum absolute atomic E-state index is 13.4. The number of benzene rings is 1. The summed E-state index contributed by atoms with van der Waals surface area (Å²) in [4.78, 5) is 21.3. The highest BCUT2D eigenvalue weighted by molar-refractivity contribution is 5.77. The van der Waals surface area contributed by atoms with Crippen molar-refractivity contribution >= 4 is 11.6 Å². The van der Waals surface area contributed by atoms with Crippen LogP contribution in [0.5, 0.6) is 5.75 Å². The Bertz CT molecular complexity index is 532. The summed E-state index contributed by atoms with van der Waals surface area (Å²) < 4.78 is 18.5. The fourth-order valence-electron chi connectivity index (χ4n) is 2.12. The van der Waals surface area contributed by atoms with Crippen LogP contribution in [0.3, 0.4) is 0 Å². The third-order valence-electron chi connectivity index (χ3n) is 3.15. The fraction of sp³-hybridized carbons (Fsp3) is 0.462. The highest BCUT2D eigenvalue weighted by Gasteiger charge is 2.17. The first kappa shape index (κ1) is 15.2. The third kappa shape index (κ3) is 4.38. The van der Waals surface area contributed by atoms with Crippen molar-refractivity contribution in [2.45, 2.75) is 18.9 Å². The lowest BCUT2D eigenvalue weighted by Gasteiger charge is -2.23. The molecule has 2 rings (SSSR count). The summed E-state index contributed by atoms with van der Waals surface area (Å²) in [5, 5.41) is 16.4. The van der Waals surface area contributed by atoms with Crippen LogP contribution in [0.4, 0.5) is 10.1 Å². The molecule has 1 aromatic rings. The van der Waals surface area contributed by atoms with E-state index >= 15 is 0 Å². The molecule has 1 aliphatic heterocycles. The first-order chi connectivity index (χ1) is 10.1. The number of carbonyl (C=O) groups excluding carboxylic acids is 1. The Morgan fingerprint density at radius 2 is 2.38 bits per heavy atom. The zero-order valence-electron chi connectivity index (χ0n) is 11.3. The number of nitro groups is 1. The molecule has 8 heteroatoms. The summed E-state index contributed by atoms with van der Waals surface area (Å²) in [7, 11) is 0. The Kier molecular flexibility index (Phi) is 5.04. The minimum Gasteiger partial charge on any atom is -0.484 e. The van der Waals surface area contributed by atoms with E-state index in [0.717, 1.165) is 38.1 Å². The Balaban J connectivity index is 1.83. The molecule has 0 radical (unpaired) electrons. The highest BCUT2D eigenvalue weighted by atomic mass is 19.1. The first-order valence-corrected chi connectivity index (χ1v) is 6.63. The predicted molar refractivity (Wildman–Crippen MR) is 72.6 cm³/mol. The van der Waals surface area contributed by atoms with Crippen molar-refractivity contribution in [1.82, 2.24) is 10.6 Å². The molecule has 0 spiro atoms. The molecular weight excluding hydrogens is 281 g/mol. The van der Waals surface area contributed by atoms with Gasteiger partial charge in [-0.25, -0.2) is 0 Å². The second-order valence-corrected chi connectivity index (χ2v) is 4.77. The molecule has 1 aromatic carbocycles. The number of piperidine rings is 1. The van der Waals surface area contributed by atoms with Gasteiger partial charge in [-0.1, -0.05) is 0 Å². The molecule has 0 aliphatic carbocycles. The van der Waals surface area contributed by atoms with Crippen LogP contribution >= 0.6 is 0 Å². The van der Waals surface area contributed by atoms with E-state index in [-0.39, 0.29) is 24.3 Å². The number of carbonyl (C=O) groups is 1. The molecule has 0 aromatic heterocycles. The van der Waals surface area contributed by atoms with Gasteiger partial charge in [-0.2, -0.15) is 4.39 Å². The number of nitrogens with one attached hydrogen (secondary N) is 2. The Hall–Kier alpha value is -2.22. The Morgan fingerprint density at radius 3 is 3.00 bits per heavy atom. The van der Waals surface area contributed by atoms with Crippen LogP contribution in [-0.4, -0.2) is 36.6 Å². The van der Waals surface area contributed by atoms with Crippen molar-refractivity contribution in [2.24, 2.45) is 0 Å². The number of hydrogen-bond acceptors (Lipinski definition) is 5. The van der Waals surface area contributed by atoms with E-state index in [4.69, 9.17) is 4.74 Å². The number of rotatable bonds is 5. The summed E-state index contributed by atoms with van der Waals surface area (Å²) in [6, 6.07) is 3.24. The van der Waals surface area contributed by atoms with E-state index in [1.165, 1.54) is 6.07 Å². The monoisotopic (exact) mass is 297 g/mol. The van der Waals surface area contributed by atoms with E-state index in [0.29, 0.717) is 0 Å². The topological polar surface area (TPSA) is 93.5 Å². The van der Waals surface area contributed by atoms with Gasteiger partial charge in [0.2, 0.25) is 5.82 Å². The number of hydrogen-bond donors (Lipinski definition) is 2. The highest BCUT2D eigenvalue weighted by Crippen LogP contribution is 2.22. The minimum absolute atomic E-state index is 0.0726. The molecule has 0 bridgehead atoms. The lowest BCUT2D eigenvalue weighted by Crippen LogP contribution is -2.46. The Labute approximate surface area is 120 Å². The minimum atomic E-state index is -0.991. The number of ether oxygens (including phenoxy) is 1. The molecule has 2 N–H and O–H groups in total. The average Bonchev–Trinajstić information content (AvgIpc) is 2.46. The lowest BCUT2D eigenvalue weighted by atomic mass is 10.1.